The largest absolute Gasteiger partial charge is 0.338 e. The zero-order valence-electron chi connectivity index (χ0n) is 21.9. The molecule has 2 aliphatic rings. The second kappa shape index (κ2) is 10.4. The van der Waals surface area contributed by atoms with Crippen LogP contribution in [0.1, 0.15) is 54.1 Å². The number of rotatable bonds is 5. The van der Waals surface area contributed by atoms with Crippen LogP contribution in [-0.2, 0) is 0 Å². The molecule has 2 aliphatic heterocycles. The van der Waals surface area contributed by atoms with Gasteiger partial charge in [0.15, 0.2) is 0 Å². The highest BCUT2D eigenvalue weighted by molar-refractivity contribution is 5.97. The summed E-state index contributed by atoms with van der Waals surface area (Å²) < 4.78 is 0. The van der Waals surface area contributed by atoms with Crippen LogP contribution in [0, 0.1) is 13.8 Å². The first-order chi connectivity index (χ1) is 17.5. The van der Waals surface area contributed by atoms with Crippen molar-refractivity contribution in [3.8, 4) is 0 Å². The van der Waals surface area contributed by atoms with Gasteiger partial charge in [0, 0.05) is 67.1 Å². The topological polar surface area (TPSA) is 39.7 Å². The Kier molecular flexibility index (Phi) is 7.10. The number of pyridine rings is 1. The lowest BCUT2D eigenvalue weighted by molar-refractivity contribution is 0.0176. The fourth-order valence-electron chi connectivity index (χ4n) is 6.15. The average Bonchev–Trinajstić information content (AvgIpc) is 2.91. The molecular weight excluding hydrogens is 444 g/mol. The standard InChI is InChI=1S/C31H38N4O/c1-24-8-7-9-25(2)29(24)30(36)33-22-16-31(3,17-23-33)34-20-14-28(15-21-34)35(26-10-5-4-6-11-26)27-12-18-32-19-13-27/h4-13,18-19,28H,14-17,20-23H2,1-3H3. The van der Waals surface area contributed by atoms with E-state index in [0.29, 0.717) is 6.04 Å². The molecule has 0 bridgehead atoms. The van der Waals surface area contributed by atoms with Gasteiger partial charge in [-0.3, -0.25) is 14.7 Å². The predicted molar refractivity (Wildman–Crippen MR) is 147 cm³/mol. The number of nitrogens with zero attached hydrogens (tertiary/aromatic N) is 4. The van der Waals surface area contributed by atoms with Crippen LogP contribution in [0.3, 0.4) is 0 Å². The van der Waals surface area contributed by atoms with E-state index in [2.05, 4.69) is 69.1 Å². The molecule has 3 heterocycles. The molecule has 3 aromatic rings. The summed E-state index contributed by atoms with van der Waals surface area (Å²) in [6, 6.07) is 21.5. The molecule has 36 heavy (non-hydrogen) atoms. The van der Waals surface area contributed by atoms with Crippen molar-refractivity contribution < 1.29 is 4.79 Å². The molecule has 0 aliphatic carbocycles. The minimum atomic E-state index is 0.150. The van der Waals surface area contributed by atoms with Crippen molar-refractivity contribution in [3.63, 3.8) is 0 Å². The van der Waals surface area contributed by atoms with E-state index in [9.17, 15) is 4.79 Å². The van der Waals surface area contributed by atoms with Crippen molar-refractivity contribution in [3.05, 3.63) is 89.7 Å². The van der Waals surface area contributed by atoms with Crippen LogP contribution >= 0.6 is 0 Å². The third-order valence-electron chi connectivity index (χ3n) is 8.39. The van der Waals surface area contributed by atoms with Crippen molar-refractivity contribution in [1.29, 1.82) is 0 Å². The molecule has 5 rings (SSSR count). The zero-order chi connectivity index (χ0) is 25.1. The summed E-state index contributed by atoms with van der Waals surface area (Å²) in [7, 11) is 0. The number of benzene rings is 2. The number of anilines is 2. The molecule has 0 spiro atoms. The molecule has 0 radical (unpaired) electrons. The lowest BCUT2D eigenvalue weighted by Gasteiger charge is -2.50. The Balaban J connectivity index is 1.24. The summed E-state index contributed by atoms with van der Waals surface area (Å²) in [6.07, 6.45) is 8.07. The summed E-state index contributed by atoms with van der Waals surface area (Å²) >= 11 is 0. The number of aromatic nitrogens is 1. The van der Waals surface area contributed by atoms with Gasteiger partial charge < -0.3 is 9.80 Å². The van der Waals surface area contributed by atoms with Gasteiger partial charge >= 0.3 is 0 Å². The van der Waals surface area contributed by atoms with Gasteiger partial charge in [-0.1, -0.05) is 36.4 Å². The number of likely N-dealkylation sites (tertiary alicyclic amines) is 2. The molecule has 1 aromatic heterocycles. The SMILES string of the molecule is Cc1cccc(C)c1C(=O)N1CCC(C)(N2CCC(N(c3ccccc3)c3ccncc3)CC2)CC1. The number of hydrogen-bond acceptors (Lipinski definition) is 4. The van der Waals surface area contributed by atoms with E-state index < -0.39 is 0 Å². The summed E-state index contributed by atoms with van der Waals surface area (Å²) in [5.74, 6) is 0.196. The molecule has 5 nitrogen and oxygen atoms in total. The fraction of sp³-hybridized carbons (Fsp3) is 0.419. The zero-order valence-corrected chi connectivity index (χ0v) is 21.9. The predicted octanol–water partition coefficient (Wildman–Crippen LogP) is 6.00. The smallest absolute Gasteiger partial charge is 0.254 e. The van der Waals surface area contributed by atoms with Crippen molar-refractivity contribution >= 4 is 17.3 Å². The molecular formula is C31H38N4O. The molecule has 0 atom stereocenters. The van der Waals surface area contributed by atoms with E-state index in [1.165, 1.54) is 11.4 Å². The maximum atomic E-state index is 13.3. The van der Waals surface area contributed by atoms with Gasteiger partial charge in [0.2, 0.25) is 0 Å². The number of carbonyl (C=O) groups is 1. The minimum Gasteiger partial charge on any atom is -0.338 e. The van der Waals surface area contributed by atoms with Gasteiger partial charge in [0.1, 0.15) is 0 Å². The van der Waals surface area contributed by atoms with Crippen LogP contribution in [0.5, 0.6) is 0 Å². The van der Waals surface area contributed by atoms with E-state index in [1.807, 2.05) is 44.4 Å². The lowest BCUT2D eigenvalue weighted by atomic mass is 9.85. The summed E-state index contributed by atoms with van der Waals surface area (Å²) in [5, 5.41) is 0. The normalized spacial score (nSPS) is 18.7. The van der Waals surface area contributed by atoms with Gasteiger partial charge in [-0.05, 0) is 81.8 Å². The monoisotopic (exact) mass is 482 g/mol. The summed E-state index contributed by atoms with van der Waals surface area (Å²) in [6.45, 7) is 10.3. The number of carbonyl (C=O) groups excluding carboxylic acids is 1. The number of aryl methyl sites for hydroxylation is 2. The second-order valence-corrected chi connectivity index (χ2v) is 10.7. The first-order valence-corrected chi connectivity index (χ1v) is 13.3. The fourth-order valence-corrected chi connectivity index (χ4v) is 6.15. The Labute approximate surface area is 215 Å². The summed E-state index contributed by atoms with van der Waals surface area (Å²) in [5.41, 5.74) is 5.64. The van der Waals surface area contributed by atoms with E-state index >= 15 is 0 Å². The Morgan fingerprint density at radius 1 is 0.833 bits per heavy atom. The number of para-hydroxylation sites is 1. The van der Waals surface area contributed by atoms with E-state index in [0.717, 1.165) is 68.6 Å². The van der Waals surface area contributed by atoms with Crippen LogP contribution in [0.15, 0.2) is 73.1 Å². The quantitative estimate of drug-likeness (QED) is 0.447. The third kappa shape index (κ3) is 4.90. The van der Waals surface area contributed by atoms with Crippen LogP contribution in [0.25, 0.3) is 0 Å². The molecule has 1 amide bonds. The Morgan fingerprint density at radius 3 is 2.03 bits per heavy atom. The van der Waals surface area contributed by atoms with Crippen molar-refractivity contribution in [2.24, 2.45) is 0 Å². The maximum absolute atomic E-state index is 13.3. The van der Waals surface area contributed by atoms with Crippen LogP contribution in [0.2, 0.25) is 0 Å². The van der Waals surface area contributed by atoms with E-state index in [4.69, 9.17) is 0 Å². The van der Waals surface area contributed by atoms with Crippen LogP contribution in [-0.4, -0.2) is 58.5 Å². The average molecular weight is 483 g/mol. The number of piperidine rings is 2. The molecule has 188 valence electrons. The number of amides is 1. The highest BCUT2D eigenvalue weighted by Gasteiger charge is 2.39. The first-order valence-electron chi connectivity index (χ1n) is 13.3. The van der Waals surface area contributed by atoms with Crippen molar-refractivity contribution in [2.45, 2.75) is 58.0 Å². The van der Waals surface area contributed by atoms with E-state index in [-0.39, 0.29) is 11.4 Å². The lowest BCUT2D eigenvalue weighted by Crippen LogP contribution is -2.57. The molecule has 2 fully saturated rings. The molecule has 5 heteroatoms. The molecule has 0 N–H and O–H groups in total. The minimum absolute atomic E-state index is 0.150. The van der Waals surface area contributed by atoms with Crippen molar-refractivity contribution in [1.82, 2.24) is 14.8 Å². The molecule has 2 aromatic carbocycles. The molecule has 2 saturated heterocycles. The van der Waals surface area contributed by atoms with Gasteiger partial charge in [-0.25, -0.2) is 0 Å². The second-order valence-electron chi connectivity index (χ2n) is 10.7. The summed E-state index contributed by atoms with van der Waals surface area (Å²) in [4.78, 5) is 24.8. The Morgan fingerprint density at radius 2 is 1.42 bits per heavy atom. The highest BCUT2D eigenvalue weighted by Crippen LogP contribution is 2.36. The van der Waals surface area contributed by atoms with Crippen molar-refractivity contribution in [2.75, 3.05) is 31.1 Å². The van der Waals surface area contributed by atoms with Crippen LogP contribution in [0.4, 0.5) is 11.4 Å². The van der Waals surface area contributed by atoms with E-state index in [1.54, 1.807) is 0 Å². The maximum Gasteiger partial charge on any atom is 0.254 e. The Bertz CT molecular complexity index is 1100. The van der Waals surface area contributed by atoms with Gasteiger partial charge in [0.05, 0.1) is 0 Å². The molecule has 0 saturated carbocycles. The number of hydrogen-bond donors (Lipinski definition) is 0. The van der Waals surface area contributed by atoms with Gasteiger partial charge in [-0.2, -0.15) is 0 Å². The van der Waals surface area contributed by atoms with Crippen LogP contribution < -0.4 is 4.90 Å². The van der Waals surface area contributed by atoms with Gasteiger partial charge in [-0.15, -0.1) is 0 Å². The highest BCUT2D eigenvalue weighted by atomic mass is 16.2. The van der Waals surface area contributed by atoms with Gasteiger partial charge in [0.25, 0.3) is 5.91 Å². The first kappa shape index (κ1) is 24.5. The third-order valence-corrected chi connectivity index (χ3v) is 8.39. The Hall–Kier alpha value is -3.18. The molecule has 0 unspecified atom stereocenters.